The van der Waals surface area contributed by atoms with Crippen LogP contribution in [0.2, 0.25) is 0 Å². The van der Waals surface area contributed by atoms with Gasteiger partial charge in [-0.3, -0.25) is 9.59 Å². The number of rotatable bonds is 3. The average molecular weight is 249 g/mol. The molecule has 1 atom stereocenters. The molecule has 1 aliphatic rings. The molecule has 1 fully saturated rings. The fourth-order valence-corrected chi connectivity index (χ4v) is 2.13. The number of H-pyrrole nitrogens is 1. The Morgan fingerprint density at radius 1 is 1.67 bits per heavy atom. The average Bonchev–Trinajstić information content (AvgIpc) is 2.37. The van der Waals surface area contributed by atoms with Crippen LogP contribution >= 0.6 is 0 Å². The molecule has 1 amide bonds. The van der Waals surface area contributed by atoms with Crippen molar-refractivity contribution >= 4 is 13.9 Å². The van der Waals surface area contributed by atoms with Crippen molar-refractivity contribution in [2.24, 2.45) is 5.92 Å². The van der Waals surface area contributed by atoms with Crippen molar-refractivity contribution in [1.82, 2.24) is 25.3 Å². The Balaban J connectivity index is 1.88. The normalized spacial score (nSPS) is 20.6. The van der Waals surface area contributed by atoms with Crippen LogP contribution in [-0.2, 0) is 11.3 Å². The molecule has 0 radical (unpaired) electrons. The number of piperidine rings is 1. The molecule has 0 bridgehead atoms. The van der Waals surface area contributed by atoms with Gasteiger partial charge in [-0.25, -0.2) is 0 Å². The molecule has 18 heavy (non-hydrogen) atoms. The van der Waals surface area contributed by atoms with Crippen molar-refractivity contribution in [2.75, 3.05) is 13.1 Å². The van der Waals surface area contributed by atoms with E-state index >= 15 is 0 Å². The van der Waals surface area contributed by atoms with E-state index in [4.69, 9.17) is 0 Å². The summed E-state index contributed by atoms with van der Waals surface area (Å²) in [6, 6.07) is 0. The lowest BCUT2D eigenvalue weighted by atomic mass is 9.95. The van der Waals surface area contributed by atoms with Crippen molar-refractivity contribution in [3.63, 3.8) is 0 Å². The molecule has 96 valence electrons. The Morgan fingerprint density at radius 3 is 3.22 bits per heavy atom. The van der Waals surface area contributed by atoms with Crippen LogP contribution in [0.15, 0.2) is 11.1 Å². The van der Waals surface area contributed by atoms with Gasteiger partial charge < -0.3 is 15.1 Å². The lowest BCUT2D eigenvalue weighted by molar-refractivity contribution is -0.126. The topological polar surface area (TPSA) is 91.0 Å². The number of aromatic nitrogens is 3. The molecule has 1 unspecified atom stereocenters. The Hall–Kier alpha value is -1.70. The predicted octanol–water partition coefficient (Wildman–Crippen LogP) is -1.96. The molecule has 0 saturated carbocycles. The second kappa shape index (κ2) is 5.77. The van der Waals surface area contributed by atoms with E-state index in [1.54, 1.807) is 0 Å². The SMILES string of the molecule is BN1CCCC(C(=O)NCc2nnc[nH]c2=O)C1. The van der Waals surface area contributed by atoms with Crippen LogP contribution in [0, 0.1) is 5.92 Å². The maximum Gasteiger partial charge on any atom is 0.274 e. The van der Waals surface area contributed by atoms with E-state index in [1.807, 2.05) is 7.98 Å². The first-order valence-electron chi connectivity index (χ1n) is 6.02. The molecule has 1 aromatic heterocycles. The standard InChI is InChI=1S/C10H16BN5O2/c11-16-3-1-2-7(5-16)9(17)12-4-8-10(18)13-6-14-15-8/h6-7H,1-5,11H2,(H,12,17)(H,13,14,18). The quantitative estimate of drug-likeness (QED) is 0.607. The number of hydrogen-bond acceptors (Lipinski definition) is 5. The monoisotopic (exact) mass is 249 g/mol. The second-order valence-electron chi connectivity index (χ2n) is 4.58. The van der Waals surface area contributed by atoms with Crippen molar-refractivity contribution in [2.45, 2.75) is 19.4 Å². The molecule has 1 saturated heterocycles. The van der Waals surface area contributed by atoms with Crippen molar-refractivity contribution in [3.8, 4) is 0 Å². The highest BCUT2D eigenvalue weighted by Crippen LogP contribution is 2.14. The van der Waals surface area contributed by atoms with E-state index in [0.29, 0.717) is 0 Å². The first-order valence-corrected chi connectivity index (χ1v) is 6.02. The summed E-state index contributed by atoms with van der Waals surface area (Å²) in [6.07, 6.45) is 3.15. The third-order valence-electron chi connectivity index (χ3n) is 3.12. The van der Waals surface area contributed by atoms with Gasteiger partial charge in [0.1, 0.15) is 12.0 Å². The number of hydrogen-bond donors (Lipinski definition) is 2. The zero-order valence-electron chi connectivity index (χ0n) is 10.3. The van der Waals surface area contributed by atoms with Crippen LogP contribution in [0.3, 0.4) is 0 Å². The molecular weight excluding hydrogens is 233 g/mol. The van der Waals surface area contributed by atoms with Crippen LogP contribution in [0.25, 0.3) is 0 Å². The smallest absolute Gasteiger partial charge is 0.274 e. The fraction of sp³-hybridized carbons (Fsp3) is 0.600. The van der Waals surface area contributed by atoms with Gasteiger partial charge in [0.05, 0.1) is 6.54 Å². The number of aromatic amines is 1. The zero-order chi connectivity index (χ0) is 13.0. The van der Waals surface area contributed by atoms with Crippen molar-refractivity contribution in [3.05, 3.63) is 22.4 Å². The number of nitrogens with zero attached hydrogens (tertiary/aromatic N) is 3. The summed E-state index contributed by atoms with van der Waals surface area (Å²) >= 11 is 0. The van der Waals surface area contributed by atoms with Gasteiger partial charge in [0.15, 0.2) is 7.98 Å². The molecule has 1 aromatic rings. The Kier molecular flexibility index (Phi) is 4.09. The molecule has 0 aliphatic carbocycles. The van der Waals surface area contributed by atoms with Gasteiger partial charge in [0.25, 0.3) is 5.56 Å². The lowest BCUT2D eigenvalue weighted by Crippen LogP contribution is -2.42. The van der Waals surface area contributed by atoms with Crippen LogP contribution in [0.4, 0.5) is 0 Å². The minimum absolute atomic E-state index is 0.000460. The van der Waals surface area contributed by atoms with Gasteiger partial charge in [-0.1, -0.05) is 0 Å². The van der Waals surface area contributed by atoms with E-state index in [9.17, 15) is 9.59 Å². The number of amides is 1. The minimum atomic E-state index is -0.314. The second-order valence-corrected chi connectivity index (χ2v) is 4.58. The molecule has 2 heterocycles. The van der Waals surface area contributed by atoms with Gasteiger partial charge in [0.2, 0.25) is 5.91 Å². The summed E-state index contributed by atoms with van der Waals surface area (Å²) in [5, 5.41) is 10.0. The zero-order valence-corrected chi connectivity index (χ0v) is 10.3. The van der Waals surface area contributed by atoms with E-state index < -0.39 is 0 Å². The van der Waals surface area contributed by atoms with E-state index in [-0.39, 0.29) is 29.6 Å². The predicted molar refractivity (Wildman–Crippen MR) is 67.3 cm³/mol. The number of carbonyl (C=O) groups is 1. The lowest BCUT2D eigenvalue weighted by Gasteiger charge is -2.29. The summed E-state index contributed by atoms with van der Waals surface area (Å²) in [7, 11) is 2.01. The van der Waals surface area contributed by atoms with Crippen molar-refractivity contribution < 1.29 is 4.79 Å². The first kappa shape index (κ1) is 12.8. The van der Waals surface area contributed by atoms with Crippen LogP contribution in [0.5, 0.6) is 0 Å². The first-order chi connectivity index (χ1) is 8.66. The van der Waals surface area contributed by atoms with Gasteiger partial charge >= 0.3 is 0 Å². The highest BCUT2D eigenvalue weighted by molar-refractivity contribution is 6.04. The highest BCUT2D eigenvalue weighted by Gasteiger charge is 2.23. The summed E-state index contributed by atoms with van der Waals surface area (Å²) in [4.78, 5) is 27.8. The van der Waals surface area contributed by atoms with Gasteiger partial charge in [-0.2, -0.15) is 0 Å². The Labute approximate surface area is 105 Å². The Bertz CT molecular complexity index is 477. The van der Waals surface area contributed by atoms with Gasteiger partial charge in [-0.15, -0.1) is 10.2 Å². The van der Waals surface area contributed by atoms with Crippen LogP contribution in [-0.4, -0.2) is 47.0 Å². The molecule has 8 heteroatoms. The summed E-state index contributed by atoms with van der Waals surface area (Å²) < 4.78 is 0. The number of carbonyl (C=O) groups excluding carboxylic acids is 1. The summed E-state index contributed by atoms with van der Waals surface area (Å²) in [5.74, 6) is -0.0221. The Morgan fingerprint density at radius 2 is 2.50 bits per heavy atom. The van der Waals surface area contributed by atoms with Crippen molar-refractivity contribution in [1.29, 1.82) is 0 Å². The van der Waals surface area contributed by atoms with Crippen LogP contribution in [0.1, 0.15) is 18.5 Å². The van der Waals surface area contributed by atoms with Gasteiger partial charge in [0, 0.05) is 5.92 Å². The fourth-order valence-electron chi connectivity index (χ4n) is 2.13. The summed E-state index contributed by atoms with van der Waals surface area (Å²) in [5.41, 5.74) is -0.0823. The molecule has 0 spiro atoms. The van der Waals surface area contributed by atoms with E-state index in [2.05, 4.69) is 25.3 Å². The number of nitrogens with one attached hydrogen (secondary N) is 2. The van der Waals surface area contributed by atoms with E-state index in [1.165, 1.54) is 6.33 Å². The molecule has 2 rings (SSSR count). The van der Waals surface area contributed by atoms with Crippen LogP contribution < -0.4 is 10.9 Å². The molecule has 2 N–H and O–H groups in total. The summed E-state index contributed by atoms with van der Waals surface area (Å²) in [6.45, 7) is 1.93. The molecular formula is C10H16BN5O2. The van der Waals surface area contributed by atoms with E-state index in [0.717, 1.165) is 25.9 Å². The molecule has 0 aromatic carbocycles. The maximum absolute atomic E-state index is 11.9. The highest BCUT2D eigenvalue weighted by atomic mass is 16.2. The third-order valence-corrected chi connectivity index (χ3v) is 3.12. The van der Waals surface area contributed by atoms with Gasteiger partial charge in [-0.05, 0) is 25.9 Å². The maximum atomic E-state index is 11.9. The molecule has 7 nitrogen and oxygen atoms in total. The minimum Gasteiger partial charge on any atom is -0.350 e. The molecule has 1 aliphatic heterocycles. The third kappa shape index (κ3) is 3.16. The largest absolute Gasteiger partial charge is 0.350 e.